The van der Waals surface area contributed by atoms with Crippen LogP contribution >= 0.6 is 11.3 Å². The zero-order valence-electron chi connectivity index (χ0n) is 16.2. The fourth-order valence-corrected chi connectivity index (χ4v) is 4.91. The molecule has 0 unspecified atom stereocenters. The highest BCUT2D eigenvalue weighted by molar-refractivity contribution is 7.11. The zero-order chi connectivity index (χ0) is 19.5. The van der Waals surface area contributed by atoms with Gasteiger partial charge in [-0.1, -0.05) is 30.3 Å². The van der Waals surface area contributed by atoms with E-state index < -0.39 is 0 Å². The predicted octanol–water partition coefficient (Wildman–Crippen LogP) is 2.49. The lowest BCUT2D eigenvalue weighted by Gasteiger charge is -2.43. The Morgan fingerprint density at radius 3 is 2.68 bits per heavy atom. The van der Waals surface area contributed by atoms with E-state index in [1.807, 2.05) is 30.0 Å². The van der Waals surface area contributed by atoms with E-state index in [9.17, 15) is 9.90 Å². The molecular formula is C21H27N3O3S. The van der Waals surface area contributed by atoms with Crippen LogP contribution in [0.1, 0.15) is 39.8 Å². The Labute approximate surface area is 169 Å². The Hall–Kier alpha value is -1.80. The number of aliphatic hydroxyl groups excluding tert-OH is 1. The maximum Gasteiger partial charge on any atom is 0.266 e. The first-order valence-electron chi connectivity index (χ1n) is 9.91. The number of ether oxygens (including phenoxy) is 1. The number of aryl methyl sites for hydroxylation is 1. The number of aliphatic hydroxyl groups is 1. The average Bonchev–Trinajstić information content (AvgIpc) is 3.15. The molecule has 2 saturated heterocycles. The van der Waals surface area contributed by atoms with Crippen LogP contribution in [0.2, 0.25) is 0 Å². The van der Waals surface area contributed by atoms with Crippen LogP contribution in [-0.2, 0) is 4.74 Å². The molecule has 1 amide bonds. The summed E-state index contributed by atoms with van der Waals surface area (Å²) in [5.41, 5.74) is 3.62. The molecule has 0 bridgehead atoms. The van der Waals surface area contributed by atoms with E-state index in [2.05, 4.69) is 22.0 Å². The van der Waals surface area contributed by atoms with Gasteiger partial charge in [-0.3, -0.25) is 4.79 Å². The largest absolute Gasteiger partial charge is 0.393 e. The molecule has 2 aliphatic heterocycles. The number of rotatable bonds is 4. The van der Waals surface area contributed by atoms with Crippen molar-refractivity contribution in [3.05, 3.63) is 52.0 Å². The molecular weight excluding hydrogens is 374 g/mol. The smallest absolute Gasteiger partial charge is 0.266 e. The van der Waals surface area contributed by atoms with Gasteiger partial charge in [-0.15, -0.1) is 11.3 Å². The van der Waals surface area contributed by atoms with Crippen molar-refractivity contribution in [3.63, 3.8) is 0 Å². The number of piperidine rings is 1. The summed E-state index contributed by atoms with van der Waals surface area (Å²) in [6.45, 7) is 5.49. The third-order valence-corrected chi connectivity index (χ3v) is 6.61. The maximum atomic E-state index is 13.3. The van der Waals surface area contributed by atoms with Gasteiger partial charge in [-0.05, 0) is 25.3 Å². The molecule has 6 nitrogen and oxygen atoms in total. The van der Waals surface area contributed by atoms with Gasteiger partial charge in [0.25, 0.3) is 5.91 Å². The molecule has 0 aliphatic carbocycles. The predicted molar refractivity (Wildman–Crippen MR) is 108 cm³/mol. The summed E-state index contributed by atoms with van der Waals surface area (Å²) in [6.07, 6.45) is 1.31. The molecule has 2 atom stereocenters. The highest BCUT2D eigenvalue weighted by Crippen LogP contribution is 2.33. The quantitative estimate of drug-likeness (QED) is 0.853. The van der Waals surface area contributed by atoms with Crippen molar-refractivity contribution in [2.24, 2.45) is 0 Å². The van der Waals surface area contributed by atoms with Crippen LogP contribution < -0.4 is 0 Å². The Bertz CT molecular complexity index is 789. The Kier molecular flexibility index (Phi) is 6.06. The molecule has 3 heterocycles. The lowest BCUT2D eigenvalue weighted by Crippen LogP contribution is -2.52. The third kappa shape index (κ3) is 4.12. The first kappa shape index (κ1) is 19.5. The van der Waals surface area contributed by atoms with Crippen LogP contribution in [0.3, 0.4) is 0 Å². The molecule has 0 saturated carbocycles. The molecule has 2 fully saturated rings. The summed E-state index contributed by atoms with van der Waals surface area (Å²) in [4.78, 5) is 22.6. The number of carbonyl (C=O) groups excluding carboxylic acids is 1. The van der Waals surface area contributed by atoms with E-state index in [1.54, 1.807) is 5.51 Å². The fourth-order valence-electron chi connectivity index (χ4n) is 4.15. The van der Waals surface area contributed by atoms with Gasteiger partial charge in [0.15, 0.2) is 0 Å². The Morgan fingerprint density at radius 2 is 2.00 bits per heavy atom. The van der Waals surface area contributed by atoms with Gasteiger partial charge in [0.1, 0.15) is 4.88 Å². The van der Waals surface area contributed by atoms with E-state index in [0.29, 0.717) is 18.0 Å². The van der Waals surface area contributed by atoms with Gasteiger partial charge in [-0.25, -0.2) is 4.98 Å². The fraction of sp³-hybridized carbons (Fsp3) is 0.524. The van der Waals surface area contributed by atoms with Crippen LogP contribution in [0.25, 0.3) is 0 Å². The van der Waals surface area contributed by atoms with E-state index in [1.165, 1.54) is 11.3 Å². The van der Waals surface area contributed by atoms with Gasteiger partial charge in [0, 0.05) is 26.2 Å². The van der Waals surface area contributed by atoms with Crippen LogP contribution in [0.4, 0.5) is 0 Å². The van der Waals surface area contributed by atoms with Gasteiger partial charge >= 0.3 is 0 Å². The van der Waals surface area contributed by atoms with E-state index in [4.69, 9.17) is 4.74 Å². The van der Waals surface area contributed by atoms with Crippen LogP contribution in [0, 0.1) is 6.92 Å². The summed E-state index contributed by atoms with van der Waals surface area (Å²) in [5, 5.41) is 9.79. The molecule has 28 heavy (non-hydrogen) atoms. The van der Waals surface area contributed by atoms with Crippen LogP contribution in [0.5, 0.6) is 0 Å². The Morgan fingerprint density at radius 1 is 1.25 bits per heavy atom. The van der Waals surface area contributed by atoms with Crippen molar-refractivity contribution >= 4 is 17.2 Å². The number of benzene rings is 1. The average molecular weight is 402 g/mol. The number of amides is 1. The molecule has 1 aromatic heterocycles. The molecule has 2 aromatic rings. The lowest BCUT2D eigenvalue weighted by molar-refractivity contribution is -0.0769. The summed E-state index contributed by atoms with van der Waals surface area (Å²) in [5.74, 6) is 0.0382. The normalized spacial score (nSPS) is 24.4. The number of morpholine rings is 1. The topological polar surface area (TPSA) is 65.9 Å². The van der Waals surface area contributed by atoms with Crippen LogP contribution in [0.15, 0.2) is 35.8 Å². The standard InChI is InChI=1S/C21H27N3O3S/c1-15-20(28-14-22-15)21(26)24-11-12-27-18(13-23-9-7-17(25)8-10-23)19(24)16-5-3-2-4-6-16/h2-6,14,17-19,25H,7-13H2,1H3/t18-,19-/m0/s1. The molecule has 2 aliphatic rings. The van der Waals surface area contributed by atoms with E-state index in [0.717, 1.165) is 43.7 Å². The van der Waals surface area contributed by atoms with Crippen LogP contribution in [-0.4, -0.2) is 70.8 Å². The van der Waals surface area contributed by atoms with Crippen molar-refractivity contribution in [2.45, 2.75) is 38.0 Å². The van der Waals surface area contributed by atoms with Gasteiger partial charge < -0.3 is 19.6 Å². The molecule has 0 spiro atoms. The highest BCUT2D eigenvalue weighted by atomic mass is 32.1. The minimum atomic E-state index is -0.194. The zero-order valence-corrected chi connectivity index (χ0v) is 17.0. The van der Waals surface area contributed by atoms with E-state index >= 15 is 0 Å². The van der Waals surface area contributed by atoms with Crippen molar-refractivity contribution < 1.29 is 14.6 Å². The van der Waals surface area contributed by atoms with Crippen molar-refractivity contribution in [1.82, 2.24) is 14.8 Å². The third-order valence-electron chi connectivity index (χ3n) is 5.69. The molecule has 0 radical (unpaired) electrons. The minimum absolute atomic E-state index is 0.0382. The lowest BCUT2D eigenvalue weighted by atomic mass is 9.96. The first-order chi connectivity index (χ1) is 13.6. The van der Waals surface area contributed by atoms with E-state index in [-0.39, 0.29) is 24.2 Å². The van der Waals surface area contributed by atoms with Gasteiger partial charge in [-0.2, -0.15) is 0 Å². The van der Waals surface area contributed by atoms with Gasteiger partial charge in [0.05, 0.1) is 36.1 Å². The Balaban J connectivity index is 1.60. The summed E-state index contributed by atoms with van der Waals surface area (Å²) >= 11 is 1.40. The molecule has 4 rings (SSSR count). The second-order valence-corrected chi connectivity index (χ2v) is 8.42. The summed E-state index contributed by atoms with van der Waals surface area (Å²) < 4.78 is 6.19. The number of thiazole rings is 1. The number of hydrogen-bond donors (Lipinski definition) is 1. The molecule has 1 aromatic carbocycles. The van der Waals surface area contributed by atoms with Crippen molar-refractivity contribution in [1.29, 1.82) is 0 Å². The first-order valence-corrected chi connectivity index (χ1v) is 10.8. The monoisotopic (exact) mass is 401 g/mol. The number of carbonyl (C=O) groups is 1. The number of aromatic nitrogens is 1. The molecule has 150 valence electrons. The summed E-state index contributed by atoms with van der Waals surface area (Å²) in [6, 6.07) is 10.0. The van der Waals surface area contributed by atoms with Gasteiger partial charge in [0.2, 0.25) is 0 Å². The number of hydrogen-bond acceptors (Lipinski definition) is 6. The van der Waals surface area contributed by atoms with Crippen molar-refractivity contribution in [3.8, 4) is 0 Å². The highest BCUT2D eigenvalue weighted by Gasteiger charge is 2.38. The minimum Gasteiger partial charge on any atom is -0.393 e. The second kappa shape index (κ2) is 8.69. The maximum absolute atomic E-state index is 13.3. The molecule has 1 N–H and O–H groups in total. The molecule has 7 heteroatoms. The summed E-state index contributed by atoms with van der Waals surface area (Å²) in [7, 11) is 0. The number of nitrogens with zero attached hydrogens (tertiary/aromatic N) is 3. The number of likely N-dealkylation sites (tertiary alicyclic amines) is 1. The van der Waals surface area contributed by atoms with Crippen molar-refractivity contribution in [2.75, 3.05) is 32.8 Å². The second-order valence-electron chi connectivity index (χ2n) is 7.56. The SMILES string of the molecule is Cc1ncsc1C(=O)N1CCO[C@@H](CN2CCC(O)CC2)[C@@H]1c1ccccc1.